The average molecular weight is 300 g/mol. The van der Waals surface area contributed by atoms with Gasteiger partial charge < -0.3 is 5.32 Å². The van der Waals surface area contributed by atoms with E-state index in [0.717, 1.165) is 28.5 Å². The summed E-state index contributed by atoms with van der Waals surface area (Å²) in [5.74, 6) is 0.866. The highest BCUT2D eigenvalue weighted by atomic mass is 35.5. The molecule has 0 unspecified atom stereocenters. The van der Waals surface area contributed by atoms with E-state index in [4.69, 9.17) is 11.6 Å². The zero-order valence-electron chi connectivity index (χ0n) is 11.8. The van der Waals surface area contributed by atoms with Gasteiger partial charge in [0.25, 0.3) is 0 Å². The lowest BCUT2D eigenvalue weighted by Gasteiger charge is -2.28. The van der Waals surface area contributed by atoms with Crippen LogP contribution in [0.4, 0.5) is 0 Å². The van der Waals surface area contributed by atoms with E-state index >= 15 is 0 Å². The highest BCUT2D eigenvalue weighted by Gasteiger charge is 2.21. The predicted octanol–water partition coefficient (Wildman–Crippen LogP) is 4.52. The summed E-state index contributed by atoms with van der Waals surface area (Å²) in [5.41, 5.74) is -0.0772. The fourth-order valence-corrected chi connectivity index (χ4v) is 2.83. The fourth-order valence-electron chi connectivity index (χ4n) is 1.64. The number of carbonyl (C=O) groups excluding carboxylic acids is 1. The summed E-state index contributed by atoms with van der Waals surface area (Å²) in [6, 6.07) is 7.72. The molecular weight excluding hydrogens is 278 g/mol. The quantitative estimate of drug-likeness (QED) is 0.750. The lowest BCUT2D eigenvalue weighted by atomic mass is 9.95. The van der Waals surface area contributed by atoms with E-state index in [2.05, 4.69) is 26.1 Å². The largest absolute Gasteiger partial charge is 0.351 e. The van der Waals surface area contributed by atoms with E-state index in [1.165, 1.54) is 0 Å². The van der Waals surface area contributed by atoms with Gasteiger partial charge in [-0.25, -0.2) is 0 Å². The molecule has 0 atom stereocenters. The number of hydrogen-bond acceptors (Lipinski definition) is 2. The van der Waals surface area contributed by atoms with E-state index in [9.17, 15) is 4.79 Å². The third kappa shape index (κ3) is 5.45. The number of carbonyl (C=O) groups is 1. The van der Waals surface area contributed by atoms with Crippen LogP contribution in [-0.2, 0) is 4.79 Å². The summed E-state index contributed by atoms with van der Waals surface area (Å²) in [5, 5.41) is 3.86. The number of halogens is 1. The van der Waals surface area contributed by atoms with Gasteiger partial charge in [-0.1, -0.05) is 37.6 Å². The van der Waals surface area contributed by atoms with Gasteiger partial charge >= 0.3 is 0 Å². The molecule has 0 aliphatic rings. The Hall–Kier alpha value is -0.670. The van der Waals surface area contributed by atoms with Crippen molar-refractivity contribution in [3.8, 4) is 0 Å². The Morgan fingerprint density at radius 1 is 1.32 bits per heavy atom. The molecule has 0 heterocycles. The molecule has 0 fully saturated rings. The van der Waals surface area contributed by atoms with Crippen LogP contribution in [0.1, 0.15) is 40.0 Å². The van der Waals surface area contributed by atoms with Gasteiger partial charge in [0.15, 0.2) is 0 Å². The second kappa shape index (κ2) is 7.81. The maximum atomic E-state index is 11.9. The van der Waals surface area contributed by atoms with Crippen molar-refractivity contribution in [1.82, 2.24) is 5.32 Å². The Balaban J connectivity index is 2.37. The van der Waals surface area contributed by atoms with Crippen LogP contribution in [0.25, 0.3) is 0 Å². The molecule has 0 saturated heterocycles. The third-order valence-electron chi connectivity index (χ3n) is 3.43. The topological polar surface area (TPSA) is 29.1 Å². The number of hydrogen-bond donors (Lipinski definition) is 1. The number of amides is 1. The fraction of sp³-hybridized carbons (Fsp3) is 0.533. The van der Waals surface area contributed by atoms with Crippen LogP contribution in [0.5, 0.6) is 0 Å². The normalized spacial score (nSPS) is 11.4. The molecule has 4 heteroatoms. The minimum absolute atomic E-state index is 0.0772. The Morgan fingerprint density at radius 2 is 1.95 bits per heavy atom. The summed E-state index contributed by atoms with van der Waals surface area (Å²) >= 11 is 7.69. The number of benzene rings is 1. The third-order valence-corrected chi connectivity index (χ3v) is 4.94. The van der Waals surface area contributed by atoms with Crippen LogP contribution in [0.3, 0.4) is 0 Å². The lowest BCUT2D eigenvalue weighted by molar-refractivity contribution is -0.122. The van der Waals surface area contributed by atoms with Crippen LogP contribution < -0.4 is 5.32 Å². The second-order valence-electron chi connectivity index (χ2n) is 4.84. The molecule has 0 aliphatic heterocycles. The van der Waals surface area contributed by atoms with E-state index in [1.807, 2.05) is 24.3 Å². The molecule has 2 nitrogen and oxygen atoms in total. The average Bonchev–Trinajstić information content (AvgIpc) is 2.41. The predicted molar refractivity (Wildman–Crippen MR) is 83.9 cm³/mol. The standard InChI is InChI=1S/C15H22ClNOS/c1-4-15(3,5-2)17-14(18)10-11-19-13-9-7-6-8-12(13)16/h6-9H,4-5,10-11H2,1-3H3,(H,17,18). The number of nitrogens with one attached hydrogen (secondary N) is 1. The van der Waals surface area contributed by atoms with Gasteiger partial charge in [0.05, 0.1) is 5.02 Å². The van der Waals surface area contributed by atoms with Crippen molar-refractivity contribution in [2.24, 2.45) is 0 Å². The molecule has 0 radical (unpaired) electrons. The van der Waals surface area contributed by atoms with Gasteiger partial charge in [-0.15, -0.1) is 11.8 Å². The van der Waals surface area contributed by atoms with Crippen molar-refractivity contribution < 1.29 is 4.79 Å². The molecule has 1 amide bonds. The van der Waals surface area contributed by atoms with Gasteiger partial charge in [0.1, 0.15) is 0 Å². The van der Waals surface area contributed by atoms with Crippen LogP contribution in [0.2, 0.25) is 5.02 Å². The maximum Gasteiger partial charge on any atom is 0.221 e. The van der Waals surface area contributed by atoms with Crippen molar-refractivity contribution in [2.75, 3.05) is 5.75 Å². The molecule has 0 aliphatic carbocycles. The monoisotopic (exact) mass is 299 g/mol. The first kappa shape index (κ1) is 16.4. The van der Waals surface area contributed by atoms with Crippen LogP contribution >= 0.6 is 23.4 Å². The van der Waals surface area contributed by atoms with Crippen molar-refractivity contribution >= 4 is 29.3 Å². The molecule has 1 aromatic carbocycles. The zero-order chi connectivity index (χ0) is 14.3. The van der Waals surface area contributed by atoms with Gasteiger partial charge in [-0.3, -0.25) is 4.79 Å². The SMILES string of the molecule is CCC(C)(CC)NC(=O)CCSc1ccccc1Cl. The molecular formula is C15H22ClNOS. The Morgan fingerprint density at radius 3 is 2.53 bits per heavy atom. The smallest absolute Gasteiger partial charge is 0.221 e. The van der Waals surface area contributed by atoms with E-state index < -0.39 is 0 Å². The van der Waals surface area contributed by atoms with Crippen molar-refractivity contribution in [3.63, 3.8) is 0 Å². The zero-order valence-corrected chi connectivity index (χ0v) is 13.4. The van der Waals surface area contributed by atoms with E-state index in [-0.39, 0.29) is 11.4 Å². The summed E-state index contributed by atoms with van der Waals surface area (Å²) < 4.78 is 0. The van der Waals surface area contributed by atoms with E-state index in [1.54, 1.807) is 11.8 Å². The molecule has 19 heavy (non-hydrogen) atoms. The summed E-state index contributed by atoms with van der Waals surface area (Å²) in [7, 11) is 0. The summed E-state index contributed by atoms with van der Waals surface area (Å²) in [4.78, 5) is 12.9. The van der Waals surface area contributed by atoms with E-state index in [0.29, 0.717) is 6.42 Å². The van der Waals surface area contributed by atoms with Crippen molar-refractivity contribution in [2.45, 2.75) is 50.5 Å². The second-order valence-corrected chi connectivity index (χ2v) is 6.39. The minimum Gasteiger partial charge on any atom is -0.351 e. The molecule has 106 valence electrons. The van der Waals surface area contributed by atoms with Crippen LogP contribution in [0, 0.1) is 0 Å². The van der Waals surface area contributed by atoms with Crippen molar-refractivity contribution in [3.05, 3.63) is 29.3 Å². The molecule has 0 aromatic heterocycles. The molecule has 0 spiro atoms. The Labute approximate surface area is 125 Å². The first-order chi connectivity index (χ1) is 9.00. The maximum absolute atomic E-state index is 11.9. The highest BCUT2D eigenvalue weighted by molar-refractivity contribution is 7.99. The molecule has 1 aromatic rings. The van der Waals surface area contributed by atoms with Gasteiger partial charge in [0, 0.05) is 22.6 Å². The summed E-state index contributed by atoms with van der Waals surface area (Å²) in [6.07, 6.45) is 2.42. The number of thioether (sulfide) groups is 1. The minimum atomic E-state index is -0.0772. The first-order valence-corrected chi connectivity index (χ1v) is 8.05. The highest BCUT2D eigenvalue weighted by Crippen LogP contribution is 2.27. The molecule has 0 bridgehead atoms. The molecule has 0 saturated carbocycles. The van der Waals surface area contributed by atoms with Gasteiger partial charge in [0.2, 0.25) is 5.91 Å². The Kier molecular flexibility index (Phi) is 6.73. The lowest BCUT2D eigenvalue weighted by Crippen LogP contribution is -2.45. The van der Waals surface area contributed by atoms with Crippen LogP contribution in [-0.4, -0.2) is 17.2 Å². The van der Waals surface area contributed by atoms with Gasteiger partial charge in [-0.05, 0) is 31.9 Å². The Bertz CT molecular complexity index is 418. The summed E-state index contributed by atoms with van der Waals surface area (Å²) in [6.45, 7) is 6.29. The number of rotatable bonds is 7. The molecule has 1 N–H and O–H groups in total. The van der Waals surface area contributed by atoms with Crippen molar-refractivity contribution in [1.29, 1.82) is 0 Å². The molecule has 1 rings (SSSR count). The van der Waals surface area contributed by atoms with Crippen LogP contribution in [0.15, 0.2) is 29.2 Å². The van der Waals surface area contributed by atoms with Gasteiger partial charge in [-0.2, -0.15) is 0 Å². The first-order valence-electron chi connectivity index (χ1n) is 6.69.